The first-order valence-electron chi connectivity index (χ1n) is 6.14. The van der Waals surface area contributed by atoms with E-state index >= 15 is 0 Å². The Morgan fingerprint density at radius 3 is 2.50 bits per heavy atom. The van der Waals surface area contributed by atoms with Crippen molar-refractivity contribution >= 4 is 0 Å². The van der Waals surface area contributed by atoms with Crippen molar-refractivity contribution in [2.45, 2.75) is 38.8 Å². The highest BCUT2D eigenvalue weighted by molar-refractivity contribution is 5.19. The van der Waals surface area contributed by atoms with Crippen LogP contribution < -0.4 is 11.3 Å². The SMILES string of the molecule is CCOC(CC)C(Cc1ccc(F)c(F)c1)NN. The number of nitrogens with two attached hydrogens (primary N) is 1. The molecule has 0 saturated carbocycles. The Balaban J connectivity index is 2.74. The van der Waals surface area contributed by atoms with Crippen molar-refractivity contribution in [2.75, 3.05) is 6.61 Å². The molecule has 0 amide bonds. The molecule has 1 rings (SSSR count). The summed E-state index contributed by atoms with van der Waals surface area (Å²) in [4.78, 5) is 0. The largest absolute Gasteiger partial charge is 0.377 e. The number of hydrazine groups is 1. The molecule has 0 fully saturated rings. The van der Waals surface area contributed by atoms with E-state index in [0.717, 1.165) is 12.5 Å². The average Bonchev–Trinajstić information content (AvgIpc) is 2.37. The van der Waals surface area contributed by atoms with Crippen molar-refractivity contribution in [3.63, 3.8) is 0 Å². The Labute approximate surface area is 106 Å². The number of halogens is 2. The summed E-state index contributed by atoms with van der Waals surface area (Å²) < 4.78 is 31.5. The lowest BCUT2D eigenvalue weighted by Crippen LogP contribution is -2.46. The molecule has 3 N–H and O–H groups in total. The number of rotatable bonds is 7. The van der Waals surface area contributed by atoms with E-state index in [2.05, 4.69) is 5.43 Å². The van der Waals surface area contributed by atoms with Crippen molar-refractivity contribution in [3.8, 4) is 0 Å². The fraction of sp³-hybridized carbons (Fsp3) is 0.538. The molecular formula is C13H20F2N2O. The van der Waals surface area contributed by atoms with Gasteiger partial charge in [0.25, 0.3) is 0 Å². The van der Waals surface area contributed by atoms with Gasteiger partial charge in [-0.15, -0.1) is 0 Å². The highest BCUT2D eigenvalue weighted by Gasteiger charge is 2.19. The second-order valence-electron chi connectivity index (χ2n) is 4.13. The number of nitrogens with one attached hydrogen (secondary N) is 1. The van der Waals surface area contributed by atoms with Gasteiger partial charge in [0.15, 0.2) is 11.6 Å². The molecule has 3 nitrogen and oxygen atoms in total. The highest BCUT2D eigenvalue weighted by Crippen LogP contribution is 2.14. The van der Waals surface area contributed by atoms with Crippen LogP contribution in [0.3, 0.4) is 0 Å². The molecule has 1 aromatic rings. The maximum Gasteiger partial charge on any atom is 0.159 e. The Bertz CT molecular complexity index is 374. The molecule has 0 aliphatic heterocycles. The van der Waals surface area contributed by atoms with Gasteiger partial charge >= 0.3 is 0 Å². The van der Waals surface area contributed by atoms with Crippen LogP contribution in [-0.2, 0) is 11.2 Å². The van der Waals surface area contributed by atoms with Gasteiger partial charge in [0, 0.05) is 6.61 Å². The van der Waals surface area contributed by atoms with Gasteiger partial charge in [-0.25, -0.2) is 8.78 Å². The van der Waals surface area contributed by atoms with Crippen LogP contribution >= 0.6 is 0 Å². The smallest absolute Gasteiger partial charge is 0.159 e. The van der Waals surface area contributed by atoms with Crippen molar-refractivity contribution in [3.05, 3.63) is 35.4 Å². The van der Waals surface area contributed by atoms with Crippen LogP contribution in [0.15, 0.2) is 18.2 Å². The molecule has 0 aromatic heterocycles. The monoisotopic (exact) mass is 258 g/mol. The Hall–Kier alpha value is -1.04. The zero-order valence-electron chi connectivity index (χ0n) is 10.7. The summed E-state index contributed by atoms with van der Waals surface area (Å²) >= 11 is 0. The van der Waals surface area contributed by atoms with E-state index in [1.165, 1.54) is 6.07 Å². The summed E-state index contributed by atoms with van der Waals surface area (Å²) in [7, 11) is 0. The second kappa shape index (κ2) is 7.41. The summed E-state index contributed by atoms with van der Waals surface area (Å²) in [6.07, 6.45) is 1.24. The van der Waals surface area contributed by atoms with E-state index in [0.29, 0.717) is 18.6 Å². The minimum absolute atomic E-state index is 0.0480. The van der Waals surface area contributed by atoms with Crippen LogP contribution in [0.4, 0.5) is 8.78 Å². The third-order valence-corrected chi connectivity index (χ3v) is 2.89. The third kappa shape index (κ3) is 4.01. The molecule has 0 saturated heterocycles. The van der Waals surface area contributed by atoms with Crippen LogP contribution in [0.2, 0.25) is 0 Å². The molecule has 5 heteroatoms. The third-order valence-electron chi connectivity index (χ3n) is 2.89. The normalized spacial score (nSPS) is 14.5. The second-order valence-corrected chi connectivity index (χ2v) is 4.13. The Morgan fingerprint density at radius 1 is 1.28 bits per heavy atom. The molecule has 0 spiro atoms. The topological polar surface area (TPSA) is 47.3 Å². The summed E-state index contributed by atoms with van der Waals surface area (Å²) in [5.41, 5.74) is 3.37. The molecule has 102 valence electrons. The fourth-order valence-corrected chi connectivity index (χ4v) is 1.95. The van der Waals surface area contributed by atoms with E-state index in [1.807, 2.05) is 13.8 Å². The van der Waals surface area contributed by atoms with Crippen LogP contribution in [0.25, 0.3) is 0 Å². The van der Waals surface area contributed by atoms with E-state index in [9.17, 15) is 8.78 Å². The summed E-state index contributed by atoms with van der Waals surface area (Å²) in [5, 5.41) is 0. The van der Waals surface area contributed by atoms with Gasteiger partial charge in [0.05, 0.1) is 12.1 Å². The van der Waals surface area contributed by atoms with Gasteiger partial charge in [0.2, 0.25) is 0 Å². The van der Waals surface area contributed by atoms with E-state index in [4.69, 9.17) is 10.6 Å². The van der Waals surface area contributed by atoms with Gasteiger partial charge in [-0.05, 0) is 37.5 Å². The van der Waals surface area contributed by atoms with Crippen molar-refractivity contribution in [1.29, 1.82) is 0 Å². The van der Waals surface area contributed by atoms with Crippen LogP contribution in [0, 0.1) is 11.6 Å². The van der Waals surface area contributed by atoms with Gasteiger partial charge in [-0.3, -0.25) is 11.3 Å². The summed E-state index contributed by atoms with van der Waals surface area (Å²) in [6, 6.07) is 3.75. The van der Waals surface area contributed by atoms with Crippen LogP contribution in [-0.4, -0.2) is 18.8 Å². The number of hydrogen-bond donors (Lipinski definition) is 2. The summed E-state index contributed by atoms with van der Waals surface area (Å²) in [5.74, 6) is 3.82. The molecular weight excluding hydrogens is 238 g/mol. The lowest BCUT2D eigenvalue weighted by atomic mass is 10.00. The number of ether oxygens (including phenoxy) is 1. The Kier molecular flexibility index (Phi) is 6.18. The standard InChI is InChI=1S/C13H20F2N2O/c1-3-13(18-4-2)12(17-16)8-9-5-6-10(14)11(15)7-9/h5-7,12-13,17H,3-4,8,16H2,1-2H3. The maximum atomic E-state index is 13.1. The van der Waals surface area contributed by atoms with Crippen LogP contribution in [0.1, 0.15) is 25.8 Å². The molecule has 0 aliphatic carbocycles. The van der Waals surface area contributed by atoms with Gasteiger partial charge < -0.3 is 4.74 Å². The molecule has 0 aliphatic rings. The zero-order valence-corrected chi connectivity index (χ0v) is 10.7. The maximum absolute atomic E-state index is 13.1. The van der Waals surface area contributed by atoms with Crippen molar-refractivity contribution in [2.24, 2.45) is 5.84 Å². The van der Waals surface area contributed by atoms with Crippen molar-refractivity contribution < 1.29 is 13.5 Å². The van der Waals surface area contributed by atoms with E-state index in [1.54, 1.807) is 6.07 Å². The minimum atomic E-state index is -0.840. The highest BCUT2D eigenvalue weighted by atomic mass is 19.2. The van der Waals surface area contributed by atoms with Gasteiger partial charge in [0.1, 0.15) is 0 Å². The first-order chi connectivity index (χ1) is 8.62. The lowest BCUT2D eigenvalue weighted by molar-refractivity contribution is 0.0319. The van der Waals surface area contributed by atoms with Gasteiger partial charge in [-0.2, -0.15) is 0 Å². The molecule has 18 heavy (non-hydrogen) atoms. The Morgan fingerprint density at radius 2 is 2.00 bits per heavy atom. The lowest BCUT2D eigenvalue weighted by Gasteiger charge is -2.25. The minimum Gasteiger partial charge on any atom is -0.377 e. The molecule has 0 heterocycles. The predicted octanol–water partition coefficient (Wildman–Crippen LogP) is 2.15. The first kappa shape index (κ1) is 15.0. The summed E-state index contributed by atoms with van der Waals surface area (Å²) in [6.45, 7) is 4.50. The molecule has 2 unspecified atom stereocenters. The first-order valence-corrected chi connectivity index (χ1v) is 6.14. The van der Waals surface area contributed by atoms with Crippen LogP contribution in [0.5, 0.6) is 0 Å². The average molecular weight is 258 g/mol. The number of hydrogen-bond acceptors (Lipinski definition) is 3. The van der Waals surface area contributed by atoms with E-state index in [-0.39, 0.29) is 12.1 Å². The molecule has 2 atom stereocenters. The predicted molar refractivity (Wildman–Crippen MR) is 66.9 cm³/mol. The quantitative estimate of drug-likeness (QED) is 0.582. The van der Waals surface area contributed by atoms with Crippen molar-refractivity contribution in [1.82, 2.24) is 5.43 Å². The van der Waals surface area contributed by atoms with E-state index < -0.39 is 11.6 Å². The molecule has 0 bridgehead atoms. The number of benzene rings is 1. The fourth-order valence-electron chi connectivity index (χ4n) is 1.95. The molecule has 1 aromatic carbocycles. The van der Waals surface area contributed by atoms with Gasteiger partial charge in [-0.1, -0.05) is 13.0 Å². The molecule has 0 radical (unpaired) electrons. The zero-order chi connectivity index (χ0) is 13.5.